The molecular weight excluding hydrogens is 482 g/mol. The van der Waals surface area contributed by atoms with Gasteiger partial charge in [0.05, 0.1) is 19.1 Å². The van der Waals surface area contributed by atoms with Crippen LogP contribution in [0, 0.1) is 5.92 Å². The zero-order chi connectivity index (χ0) is 26.1. The van der Waals surface area contributed by atoms with Gasteiger partial charge in [0, 0.05) is 43.8 Å². The van der Waals surface area contributed by atoms with Crippen LogP contribution in [0.25, 0.3) is 0 Å². The van der Waals surface area contributed by atoms with E-state index in [0.717, 1.165) is 49.3 Å². The van der Waals surface area contributed by atoms with Crippen molar-refractivity contribution >= 4 is 17.7 Å². The Hall–Kier alpha value is -3.88. The Morgan fingerprint density at radius 2 is 2.08 bits per heavy atom. The number of ether oxygens (including phenoxy) is 1. The van der Waals surface area contributed by atoms with Gasteiger partial charge in [-0.15, -0.1) is 0 Å². The highest BCUT2D eigenvalue weighted by Gasteiger charge is 2.33. The number of carboxylic acids is 1. The largest absolute Gasteiger partial charge is 0.481 e. The van der Waals surface area contributed by atoms with Crippen molar-refractivity contribution in [3.8, 4) is 5.88 Å². The van der Waals surface area contributed by atoms with Crippen LogP contribution in [0.3, 0.4) is 0 Å². The van der Waals surface area contributed by atoms with Crippen LogP contribution in [0.15, 0.2) is 42.7 Å². The van der Waals surface area contributed by atoms with E-state index in [1.165, 1.54) is 18.4 Å². The predicted molar refractivity (Wildman–Crippen MR) is 141 cm³/mol. The second-order valence-corrected chi connectivity index (χ2v) is 10.6. The number of aryl methyl sites for hydroxylation is 3. The van der Waals surface area contributed by atoms with Crippen molar-refractivity contribution in [3.05, 3.63) is 70.8 Å². The first-order valence-electron chi connectivity index (χ1n) is 13.6. The van der Waals surface area contributed by atoms with E-state index >= 15 is 0 Å². The van der Waals surface area contributed by atoms with Gasteiger partial charge in [-0.05, 0) is 73.3 Å². The number of carboxylic acid groups (broad SMARTS) is 1. The second-order valence-electron chi connectivity index (χ2n) is 10.6. The number of hydrogen-bond acceptors (Lipinski definition) is 6. The molecule has 6 rings (SSSR count). The number of aromatic nitrogens is 3. The van der Waals surface area contributed by atoms with Gasteiger partial charge in [-0.3, -0.25) is 9.59 Å². The van der Waals surface area contributed by atoms with E-state index in [1.807, 2.05) is 22.9 Å². The van der Waals surface area contributed by atoms with Crippen LogP contribution in [0.5, 0.6) is 5.88 Å². The Kier molecular flexibility index (Phi) is 6.74. The van der Waals surface area contributed by atoms with Gasteiger partial charge in [0.25, 0.3) is 5.91 Å². The Morgan fingerprint density at radius 3 is 2.87 bits per heavy atom. The maximum Gasteiger partial charge on any atom is 0.305 e. The quantitative estimate of drug-likeness (QED) is 0.422. The molecule has 0 aromatic carbocycles. The normalized spacial score (nSPS) is 17.4. The lowest BCUT2D eigenvalue weighted by atomic mass is 10.0. The molecule has 1 unspecified atom stereocenters. The van der Waals surface area contributed by atoms with Gasteiger partial charge < -0.3 is 24.6 Å². The van der Waals surface area contributed by atoms with Crippen molar-refractivity contribution < 1.29 is 19.4 Å². The molecule has 198 valence electrons. The smallest absolute Gasteiger partial charge is 0.305 e. The fourth-order valence-corrected chi connectivity index (χ4v) is 5.35. The van der Waals surface area contributed by atoms with Crippen molar-refractivity contribution in [1.82, 2.24) is 19.4 Å². The standard InChI is InChI=1S/C29H33N5O4/c35-27(36)15-24(22-7-10-26(31-16-22)38-18-19-3-4-19)34-13-12-33-17-20(14-25(33)29(34)37)5-8-23-9-6-21-2-1-11-30-28(21)32-23/h6-7,9-10,14,16-17,19,24H,1-5,8,11-13,15,18H2,(H,30,32)(H,35,36). The predicted octanol–water partition coefficient (Wildman–Crippen LogP) is 3.88. The SMILES string of the molecule is O=C(O)CC(c1ccc(OCC2CC2)nc1)N1CCn2cc(CCc3ccc4c(n3)NCCC4)cc2C1=O. The zero-order valence-corrected chi connectivity index (χ0v) is 21.4. The van der Waals surface area contributed by atoms with Crippen LogP contribution in [-0.2, 0) is 30.6 Å². The number of carbonyl (C=O) groups is 2. The fourth-order valence-electron chi connectivity index (χ4n) is 5.35. The topological polar surface area (TPSA) is 110 Å². The molecule has 9 heteroatoms. The van der Waals surface area contributed by atoms with Gasteiger partial charge in [0.15, 0.2) is 0 Å². The zero-order valence-electron chi connectivity index (χ0n) is 21.4. The summed E-state index contributed by atoms with van der Waals surface area (Å²) in [5.41, 5.74) is 4.69. The van der Waals surface area contributed by atoms with Crippen molar-refractivity contribution in [2.75, 3.05) is 25.0 Å². The first-order chi connectivity index (χ1) is 18.5. The monoisotopic (exact) mass is 515 g/mol. The molecule has 2 N–H and O–H groups in total. The molecule has 1 saturated carbocycles. The van der Waals surface area contributed by atoms with Gasteiger partial charge >= 0.3 is 5.97 Å². The molecule has 2 aliphatic heterocycles. The highest BCUT2D eigenvalue weighted by Crippen LogP contribution is 2.31. The minimum atomic E-state index is -0.953. The van der Waals surface area contributed by atoms with Gasteiger partial charge in [-0.2, -0.15) is 0 Å². The first-order valence-corrected chi connectivity index (χ1v) is 13.6. The summed E-state index contributed by atoms with van der Waals surface area (Å²) >= 11 is 0. The summed E-state index contributed by atoms with van der Waals surface area (Å²) < 4.78 is 7.71. The van der Waals surface area contributed by atoms with Crippen molar-refractivity contribution in [2.24, 2.45) is 5.92 Å². The lowest BCUT2D eigenvalue weighted by Gasteiger charge is -2.34. The number of nitrogens with zero attached hydrogens (tertiary/aromatic N) is 4. The van der Waals surface area contributed by atoms with E-state index in [4.69, 9.17) is 9.72 Å². The van der Waals surface area contributed by atoms with Crippen LogP contribution >= 0.6 is 0 Å². The number of anilines is 1. The fraction of sp³-hybridized carbons (Fsp3) is 0.448. The Balaban J connectivity index is 1.15. The molecule has 38 heavy (non-hydrogen) atoms. The van der Waals surface area contributed by atoms with E-state index in [0.29, 0.717) is 42.8 Å². The average molecular weight is 516 g/mol. The molecule has 1 aliphatic carbocycles. The van der Waals surface area contributed by atoms with E-state index in [-0.39, 0.29) is 12.3 Å². The summed E-state index contributed by atoms with van der Waals surface area (Å²) in [6.45, 7) is 2.68. The molecule has 1 amide bonds. The number of nitrogens with one attached hydrogen (secondary N) is 1. The Morgan fingerprint density at radius 1 is 1.18 bits per heavy atom. The van der Waals surface area contributed by atoms with E-state index in [1.54, 1.807) is 17.2 Å². The molecule has 5 heterocycles. The van der Waals surface area contributed by atoms with E-state index in [9.17, 15) is 14.7 Å². The number of hydrogen-bond donors (Lipinski definition) is 2. The number of pyridine rings is 2. The number of rotatable bonds is 10. The van der Waals surface area contributed by atoms with Gasteiger partial charge in [-0.25, -0.2) is 9.97 Å². The van der Waals surface area contributed by atoms with Crippen LogP contribution in [0.1, 0.15) is 64.6 Å². The summed E-state index contributed by atoms with van der Waals surface area (Å²) in [6, 6.07) is 9.21. The third-order valence-electron chi connectivity index (χ3n) is 7.69. The van der Waals surface area contributed by atoms with Crippen LogP contribution in [-0.4, -0.2) is 56.1 Å². The van der Waals surface area contributed by atoms with Gasteiger partial charge in [0.2, 0.25) is 5.88 Å². The van der Waals surface area contributed by atoms with Gasteiger partial charge in [0.1, 0.15) is 11.5 Å². The average Bonchev–Trinajstić information content (AvgIpc) is 3.67. The summed E-state index contributed by atoms with van der Waals surface area (Å²) in [4.78, 5) is 36.1. The van der Waals surface area contributed by atoms with Crippen LogP contribution in [0.2, 0.25) is 0 Å². The van der Waals surface area contributed by atoms with Crippen molar-refractivity contribution in [2.45, 2.75) is 57.5 Å². The highest BCUT2D eigenvalue weighted by atomic mass is 16.5. The second kappa shape index (κ2) is 10.5. The molecular formula is C29H33N5O4. The molecule has 0 spiro atoms. The number of aliphatic carboxylic acids is 1. The van der Waals surface area contributed by atoms with E-state index < -0.39 is 12.0 Å². The minimum absolute atomic E-state index is 0.154. The van der Waals surface area contributed by atoms with Crippen molar-refractivity contribution in [3.63, 3.8) is 0 Å². The first kappa shape index (κ1) is 24.5. The molecule has 3 aliphatic rings. The third-order valence-corrected chi connectivity index (χ3v) is 7.69. The molecule has 3 aromatic heterocycles. The Bertz CT molecular complexity index is 1330. The molecule has 0 radical (unpaired) electrons. The van der Waals surface area contributed by atoms with Crippen LogP contribution in [0.4, 0.5) is 5.82 Å². The molecule has 0 saturated heterocycles. The summed E-state index contributed by atoms with van der Waals surface area (Å²) in [7, 11) is 0. The number of fused-ring (bicyclic) bond motifs is 2. The third kappa shape index (κ3) is 5.37. The summed E-state index contributed by atoms with van der Waals surface area (Å²) in [5, 5.41) is 13.0. The molecule has 3 aromatic rings. The van der Waals surface area contributed by atoms with Crippen molar-refractivity contribution in [1.29, 1.82) is 0 Å². The number of amides is 1. The lowest BCUT2D eigenvalue weighted by molar-refractivity contribution is -0.138. The molecule has 9 nitrogen and oxygen atoms in total. The molecule has 1 atom stereocenters. The molecule has 0 bridgehead atoms. The molecule has 1 fully saturated rings. The maximum absolute atomic E-state index is 13.6. The Labute approximate surface area is 221 Å². The highest BCUT2D eigenvalue weighted by molar-refractivity contribution is 5.94. The van der Waals surface area contributed by atoms with Crippen LogP contribution < -0.4 is 10.1 Å². The minimum Gasteiger partial charge on any atom is -0.481 e. The van der Waals surface area contributed by atoms with E-state index in [2.05, 4.69) is 22.4 Å². The van der Waals surface area contributed by atoms with Gasteiger partial charge in [-0.1, -0.05) is 12.1 Å². The number of carbonyl (C=O) groups excluding carboxylic acids is 1. The summed E-state index contributed by atoms with van der Waals surface area (Å²) in [6.07, 6.45) is 9.67. The maximum atomic E-state index is 13.6. The summed E-state index contributed by atoms with van der Waals surface area (Å²) in [5.74, 6) is 1.04. The lowest BCUT2D eigenvalue weighted by Crippen LogP contribution is -2.43.